The largest absolute Gasteiger partial charge is 0.478 e. The molecule has 112 valence electrons. The normalized spacial score (nSPS) is 11.8. The molecule has 0 radical (unpaired) electrons. The Morgan fingerprint density at radius 2 is 1.90 bits per heavy atom. The van der Waals surface area contributed by atoms with Gasteiger partial charge in [0, 0.05) is 5.02 Å². The van der Waals surface area contributed by atoms with Gasteiger partial charge in [-0.15, -0.1) is 0 Å². The number of aromatic carboxylic acids is 1. The summed E-state index contributed by atoms with van der Waals surface area (Å²) in [5, 5.41) is 26.1. The predicted octanol–water partition coefficient (Wildman–Crippen LogP) is -0.191. The third-order valence-corrected chi connectivity index (χ3v) is 4.02. The Balaban J connectivity index is 3.35. The highest BCUT2D eigenvalue weighted by molar-refractivity contribution is 7.89. The van der Waals surface area contributed by atoms with E-state index < -0.39 is 51.5 Å². The van der Waals surface area contributed by atoms with Crippen molar-refractivity contribution in [3.05, 3.63) is 28.5 Å². The molecule has 0 unspecified atom stereocenters. The van der Waals surface area contributed by atoms with Crippen molar-refractivity contribution in [1.82, 2.24) is 4.72 Å². The van der Waals surface area contributed by atoms with Gasteiger partial charge in [-0.2, -0.15) is 0 Å². The van der Waals surface area contributed by atoms with Crippen LogP contribution in [0.15, 0.2) is 17.0 Å². The van der Waals surface area contributed by atoms with E-state index in [1.54, 1.807) is 0 Å². The molecule has 0 atom stereocenters. The van der Waals surface area contributed by atoms with E-state index in [-0.39, 0.29) is 5.02 Å². The van der Waals surface area contributed by atoms with Crippen molar-refractivity contribution in [2.75, 3.05) is 13.2 Å². The molecule has 0 saturated carbocycles. The highest BCUT2D eigenvalue weighted by Crippen LogP contribution is 2.24. The zero-order valence-electron chi connectivity index (χ0n) is 9.88. The number of rotatable bonds is 6. The van der Waals surface area contributed by atoms with Crippen molar-refractivity contribution in [1.29, 1.82) is 0 Å². The molecule has 1 aromatic carbocycles. The van der Waals surface area contributed by atoms with Crippen molar-refractivity contribution >= 4 is 27.6 Å². The molecule has 0 fully saturated rings. The van der Waals surface area contributed by atoms with Gasteiger partial charge in [0.25, 0.3) is 0 Å². The summed E-state index contributed by atoms with van der Waals surface area (Å²) in [7, 11) is -4.49. The summed E-state index contributed by atoms with van der Waals surface area (Å²) in [5.74, 6) is -3.16. The van der Waals surface area contributed by atoms with Crippen LogP contribution in [-0.2, 0) is 10.0 Å². The lowest BCUT2D eigenvalue weighted by molar-refractivity contribution is 0.0691. The van der Waals surface area contributed by atoms with Crippen LogP contribution in [0.1, 0.15) is 10.4 Å². The van der Waals surface area contributed by atoms with Gasteiger partial charge in [-0.3, -0.25) is 0 Å². The summed E-state index contributed by atoms with van der Waals surface area (Å²) in [6, 6.07) is 0.261. The van der Waals surface area contributed by atoms with Crippen LogP contribution in [0.3, 0.4) is 0 Å². The van der Waals surface area contributed by atoms with Crippen LogP contribution in [0.5, 0.6) is 0 Å². The zero-order chi connectivity index (χ0) is 15.5. The fourth-order valence-corrected chi connectivity index (χ4v) is 2.96. The van der Waals surface area contributed by atoms with Gasteiger partial charge in [-0.1, -0.05) is 11.6 Å². The number of hydrogen-bond acceptors (Lipinski definition) is 5. The van der Waals surface area contributed by atoms with E-state index in [1.807, 2.05) is 4.72 Å². The van der Waals surface area contributed by atoms with Crippen LogP contribution in [0.2, 0.25) is 5.02 Å². The summed E-state index contributed by atoms with van der Waals surface area (Å²) in [5.41, 5.74) is -0.901. The Labute approximate surface area is 118 Å². The Kier molecular flexibility index (Phi) is 5.42. The molecule has 0 aliphatic heterocycles. The summed E-state index contributed by atoms with van der Waals surface area (Å²) < 4.78 is 39.5. The second-order valence-electron chi connectivity index (χ2n) is 3.75. The van der Waals surface area contributed by atoms with Gasteiger partial charge in [-0.05, 0) is 12.1 Å². The topological polar surface area (TPSA) is 124 Å². The maximum atomic E-state index is 13.9. The summed E-state index contributed by atoms with van der Waals surface area (Å²) in [6.45, 7) is -1.44. The van der Waals surface area contributed by atoms with Crippen molar-refractivity contribution in [2.45, 2.75) is 10.9 Å². The SMILES string of the molecule is O=C(O)c1cc(Cl)cc(S(=O)(=O)NC(CO)CO)c1F. The molecule has 0 spiro atoms. The highest BCUT2D eigenvalue weighted by atomic mass is 35.5. The maximum absolute atomic E-state index is 13.9. The fourth-order valence-electron chi connectivity index (χ4n) is 1.33. The third-order valence-electron chi connectivity index (χ3n) is 2.29. The average Bonchev–Trinajstić information content (AvgIpc) is 2.37. The molecule has 1 rings (SSSR count). The quantitative estimate of drug-likeness (QED) is 0.574. The van der Waals surface area contributed by atoms with E-state index >= 15 is 0 Å². The van der Waals surface area contributed by atoms with Gasteiger partial charge >= 0.3 is 5.97 Å². The number of carbonyl (C=O) groups is 1. The Morgan fingerprint density at radius 1 is 1.35 bits per heavy atom. The van der Waals surface area contributed by atoms with E-state index in [4.69, 9.17) is 26.9 Å². The molecule has 10 heteroatoms. The maximum Gasteiger partial charge on any atom is 0.338 e. The van der Waals surface area contributed by atoms with Gasteiger partial charge in [0.05, 0.1) is 24.8 Å². The molecule has 4 N–H and O–H groups in total. The number of hydrogen-bond donors (Lipinski definition) is 4. The molecule has 0 aromatic heterocycles. The average molecular weight is 328 g/mol. The summed E-state index contributed by atoms with van der Waals surface area (Å²) >= 11 is 5.56. The van der Waals surface area contributed by atoms with E-state index in [0.29, 0.717) is 0 Å². The lowest BCUT2D eigenvalue weighted by atomic mass is 10.2. The van der Waals surface area contributed by atoms with Crippen molar-refractivity contribution in [3.63, 3.8) is 0 Å². The van der Waals surface area contributed by atoms with E-state index in [0.717, 1.165) is 12.1 Å². The first kappa shape index (κ1) is 16.8. The van der Waals surface area contributed by atoms with Gasteiger partial charge in [-0.25, -0.2) is 22.3 Å². The number of sulfonamides is 1. The molecule has 0 heterocycles. The molecule has 0 bridgehead atoms. The second kappa shape index (κ2) is 6.46. The van der Waals surface area contributed by atoms with Crippen LogP contribution in [0, 0.1) is 5.82 Å². The summed E-state index contributed by atoms with van der Waals surface area (Å²) in [6.07, 6.45) is 0. The fraction of sp³-hybridized carbons (Fsp3) is 0.300. The number of aliphatic hydroxyl groups excluding tert-OH is 2. The first-order chi connectivity index (χ1) is 9.22. The molecular formula is C10H11ClFNO6S. The first-order valence-corrected chi connectivity index (χ1v) is 7.05. The van der Waals surface area contributed by atoms with Crippen molar-refractivity contribution < 1.29 is 32.9 Å². The van der Waals surface area contributed by atoms with Gasteiger partial charge in [0.15, 0.2) is 5.82 Å². The van der Waals surface area contributed by atoms with Crippen LogP contribution >= 0.6 is 11.6 Å². The Bertz CT molecular complexity index is 616. The summed E-state index contributed by atoms with van der Waals surface area (Å²) in [4.78, 5) is 9.82. The van der Waals surface area contributed by atoms with Crippen molar-refractivity contribution in [3.8, 4) is 0 Å². The number of halogens is 2. The number of nitrogens with one attached hydrogen (secondary N) is 1. The van der Waals surface area contributed by atoms with Crippen LogP contribution < -0.4 is 4.72 Å². The predicted molar refractivity (Wildman–Crippen MR) is 66.7 cm³/mol. The van der Waals surface area contributed by atoms with Crippen LogP contribution in [0.4, 0.5) is 4.39 Å². The molecule has 0 saturated heterocycles. The van der Waals surface area contributed by atoms with E-state index in [1.165, 1.54) is 0 Å². The van der Waals surface area contributed by atoms with Crippen molar-refractivity contribution in [2.24, 2.45) is 0 Å². The molecule has 0 aliphatic rings. The lowest BCUT2D eigenvalue weighted by Crippen LogP contribution is -2.40. The minimum atomic E-state index is -4.49. The standard InChI is InChI=1S/C10H11ClFNO6S/c11-5-1-7(10(16)17)9(12)8(2-5)20(18,19)13-6(3-14)4-15/h1-2,6,13-15H,3-4H2,(H,16,17). The molecule has 0 aliphatic carbocycles. The van der Waals surface area contributed by atoms with Gasteiger partial charge in [0.2, 0.25) is 10.0 Å². The monoisotopic (exact) mass is 327 g/mol. The van der Waals surface area contributed by atoms with Gasteiger partial charge < -0.3 is 15.3 Å². The molecule has 20 heavy (non-hydrogen) atoms. The number of benzene rings is 1. The zero-order valence-corrected chi connectivity index (χ0v) is 11.4. The van der Waals surface area contributed by atoms with Crippen LogP contribution in [0.25, 0.3) is 0 Å². The van der Waals surface area contributed by atoms with Crippen LogP contribution in [-0.4, -0.2) is 49.0 Å². The smallest absolute Gasteiger partial charge is 0.338 e. The van der Waals surface area contributed by atoms with E-state index in [2.05, 4.69) is 0 Å². The number of carboxylic acids is 1. The second-order valence-corrected chi connectivity index (χ2v) is 5.87. The minimum Gasteiger partial charge on any atom is -0.478 e. The van der Waals surface area contributed by atoms with Gasteiger partial charge in [0.1, 0.15) is 4.90 Å². The molecule has 0 amide bonds. The number of aliphatic hydroxyl groups is 2. The van der Waals surface area contributed by atoms with E-state index in [9.17, 15) is 17.6 Å². The lowest BCUT2D eigenvalue weighted by Gasteiger charge is -2.15. The Hall–Kier alpha value is -1.26. The Morgan fingerprint density at radius 3 is 2.35 bits per heavy atom. The molecular weight excluding hydrogens is 317 g/mol. The third kappa shape index (κ3) is 3.64. The number of carboxylic acid groups (broad SMARTS) is 1. The molecule has 7 nitrogen and oxygen atoms in total. The molecule has 1 aromatic rings. The first-order valence-electron chi connectivity index (χ1n) is 5.19. The minimum absolute atomic E-state index is 0.284. The highest BCUT2D eigenvalue weighted by Gasteiger charge is 2.27.